The lowest BCUT2D eigenvalue weighted by Gasteiger charge is -1.98. The zero-order valence-corrected chi connectivity index (χ0v) is 6.59. The molecule has 0 unspecified atom stereocenters. The van der Waals surface area contributed by atoms with Gasteiger partial charge in [0.15, 0.2) is 0 Å². The summed E-state index contributed by atoms with van der Waals surface area (Å²) in [5.41, 5.74) is 0. The highest BCUT2D eigenvalue weighted by molar-refractivity contribution is 5.81. The summed E-state index contributed by atoms with van der Waals surface area (Å²) in [5, 5.41) is 10.7. The van der Waals surface area contributed by atoms with Crippen molar-refractivity contribution in [2.45, 2.75) is 19.8 Å². The second-order valence-corrected chi connectivity index (χ2v) is 2.29. The molecule has 0 aromatic carbocycles. The monoisotopic (exact) mass is 159 g/mol. The summed E-state index contributed by atoms with van der Waals surface area (Å²) < 4.78 is 0. The average molecular weight is 159 g/mol. The zero-order valence-electron chi connectivity index (χ0n) is 6.59. The number of carbonyl (C=O) groups excluding carboxylic acids is 1. The molecule has 0 saturated carbocycles. The highest BCUT2D eigenvalue weighted by Gasteiger charge is 2.00. The molecule has 0 aliphatic heterocycles. The third kappa shape index (κ3) is 6.99. The Bertz CT molecular complexity index is 145. The SMILES string of the molecule is CCCC(=O)CNCC(=O)O. The third-order valence-corrected chi connectivity index (χ3v) is 1.13. The van der Waals surface area contributed by atoms with Crippen molar-refractivity contribution in [3.8, 4) is 0 Å². The maximum Gasteiger partial charge on any atom is 0.317 e. The van der Waals surface area contributed by atoms with Crippen molar-refractivity contribution in [3.05, 3.63) is 0 Å². The van der Waals surface area contributed by atoms with Crippen LogP contribution in [0.3, 0.4) is 0 Å². The molecule has 0 fully saturated rings. The molecule has 4 heteroatoms. The lowest BCUT2D eigenvalue weighted by molar-refractivity contribution is -0.135. The number of nitrogens with one attached hydrogen (secondary N) is 1. The second kappa shape index (κ2) is 5.85. The van der Waals surface area contributed by atoms with E-state index in [2.05, 4.69) is 5.32 Å². The van der Waals surface area contributed by atoms with Crippen LogP contribution in [0.25, 0.3) is 0 Å². The van der Waals surface area contributed by atoms with Crippen LogP contribution in [0.1, 0.15) is 19.8 Å². The van der Waals surface area contributed by atoms with E-state index in [0.29, 0.717) is 6.42 Å². The van der Waals surface area contributed by atoms with E-state index in [-0.39, 0.29) is 18.9 Å². The molecule has 0 heterocycles. The van der Waals surface area contributed by atoms with Crippen molar-refractivity contribution >= 4 is 11.8 Å². The van der Waals surface area contributed by atoms with Gasteiger partial charge in [-0.3, -0.25) is 9.59 Å². The molecule has 2 N–H and O–H groups in total. The number of rotatable bonds is 6. The van der Waals surface area contributed by atoms with E-state index in [1.807, 2.05) is 6.92 Å². The maximum atomic E-state index is 10.8. The molecule has 0 aromatic rings. The predicted octanol–water partition coefficient (Wildman–Crippen LogP) is 0.0298. The number of ketones is 1. The minimum Gasteiger partial charge on any atom is -0.480 e. The van der Waals surface area contributed by atoms with Gasteiger partial charge in [0.1, 0.15) is 5.78 Å². The topological polar surface area (TPSA) is 66.4 Å². The van der Waals surface area contributed by atoms with Crippen LogP contribution in [0.2, 0.25) is 0 Å². The van der Waals surface area contributed by atoms with Crippen LogP contribution in [-0.2, 0) is 9.59 Å². The van der Waals surface area contributed by atoms with Crippen molar-refractivity contribution in [3.63, 3.8) is 0 Å². The summed E-state index contributed by atoms with van der Waals surface area (Å²) >= 11 is 0. The first-order valence-corrected chi connectivity index (χ1v) is 3.61. The number of carbonyl (C=O) groups is 2. The lowest BCUT2D eigenvalue weighted by atomic mass is 10.2. The Balaban J connectivity index is 3.24. The Morgan fingerprint density at radius 2 is 2.00 bits per heavy atom. The summed E-state index contributed by atoms with van der Waals surface area (Å²) in [6, 6.07) is 0. The maximum absolute atomic E-state index is 10.8. The molecule has 0 aliphatic rings. The number of hydrogen-bond acceptors (Lipinski definition) is 3. The molecule has 0 aromatic heterocycles. The quantitative estimate of drug-likeness (QED) is 0.573. The average Bonchev–Trinajstić information content (AvgIpc) is 1.87. The van der Waals surface area contributed by atoms with E-state index in [1.165, 1.54) is 0 Å². The largest absolute Gasteiger partial charge is 0.480 e. The van der Waals surface area contributed by atoms with Gasteiger partial charge in [0, 0.05) is 6.42 Å². The van der Waals surface area contributed by atoms with Crippen LogP contribution in [0.4, 0.5) is 0 Å². The van der Waals surface area contributed by atoms with Gasteiger partial charge in [0.2, 0.25) is 0 Å². The fraction of sp³-hybridized carbons (Fsp3) is 0.714. The van der Waals surface area contributed by atoms with Gasteiger partial charge < -0.3 is 10.4 Å². The summed E-state index contributed by atoms with van der Waals surface area (Å²) in [6.45, 7) is 1.94. The van der Waals surface area contributed by atoms with Crippen LogP contribution in [0.15, 0.2) is 0 Å². The van der Waals surface area contributed by atoms with Gasteiger partial charge in [-0.15, -0.1) is 0 Å². The van der Waals surface area contributed by atoms with E-state index in [1.54, 1.807) is 0 Å². The lowest BCUT2D eigenvalue weighted by Crippen LogP contribution is -2.28. The van der Waals surface area contributed by atoms with Crippen LogP contribution < -0.4 is 5.32 Å². The smallest absolute Gasteiger partial charge is 0.317 e. The standard InChI is InChI=1S/C7H13NO3/c1-2-3-6(9)4-8-5-7(10)11/h8H,2-5H2,1H3,(H,10,11). The van der Waals surface area contributed by atoms with E-state index in [9.17, 15) is 9.59 Å². The molecule has 0 aliphatic carbocycles. The fourth-order valence-corrected chi connectivity index (χ4v) is 0.676. The normalized spacial score (nSPS) is 9.55. The van der Waals surface area contributed by atoms with Crippen LogP contribution >= 0.6 is 0 Å². The molecule has 0 rings (SSSR count). The molecule has 4 nitrogen and oxygen atoms in total. The molecule has 0 atom stereocenters. The first-order chi connectivity index (χ1) is 5.16. The molecule has 0 radical (unpaired) electrons. The minimum atomic E-state index is -0.936. The molecule has 0 bridgehead atoms. The molecule has 0 spiro atoms. The van der Waals surface area contributed by atoms with Gasteiger partial charge in [0.25, 0.3) is 0 Å². The molecule has 0 amide bonds. The minimum absolute atomic E-state index is 0.0637. The molecule has 11 heavy (non-hydrogen) atoms. The van der Waals surface area contributed by atoms with Crippen LogP contribution in [0.5, 0.6) is 0 Å². The summed E-state index contributed by atoms with van der Waals surface area (Å²) in [6.07, 6.45) is 1.33. The van der Waals surface area contributed by atoms with Crippen molar-refractivity contribution in [1.82, 2.24) is 5.32 Å². The van der Waals surface area contributed by atoms with E-state index < -0.39 is 5.97 Å². The predicted molar refractivity (Wildman–Crippen MR) is 40.4 cm³/mol. The van der Waals surface area contributed by atoms with Crippen LogP contribution in [0, 0.1) is 0 Å². The number of hydrogen-bond donors (Lipinski definition) is 2. The number of carboxylic acids is 1. The Kier molecular flexibility index (Phi) is 5.37. The van der Waals surface area contributed by atoms with Crippen molar-refractivity contribution in [2.75, 3.05) is 13.1 Å². The third-order valence-electron chi connectivity index (χ3n) is 1.13. The fourth-order valence-electron chi connectivity index (χ4n) is 0.676. The first kappa shape index (κ1) is 10.1. The number of aliphatic carboxylic acids is 1. The summed E-state index contributed by atoms with van der Waals surface area (Å²) in [5.74, 6) is -0.872. The van der Waals surface area contributed by atoms with E-state index in [0.717, 1.165) is 6.42 Å². The van der Waals surface area contributed by atoms with E-state index >= 15 is 0 Å². The van der Waals surface area contributed by atoms with Gasteiger partial charge in [-0.25, -0.2) is 0 Å². The van der Waals surface area contributed by atoms with Gasteiger partial charge in [-0.2, -0.15) is 0 Å². The highest BCUT2D eigenvalue weighted by atomic mass is 16.4. The van der Waals surface area contributed by atoms with E-state index in [4.69, 9.17) is 5.11 Å². The Labute approximate surface area is 65.6 Å². The Hall–Kier alpha value is -0.900. The molecule has 0 saturated heterocycles. The Morgan fingerprint density at radius 1 is 1.36 bits per heavy atom. The molecular formula is C7H13NO3. The number of carboxylic acid groups (broad SMARTS) is 1. The second-order valence-electron chi connectivity index (χ2n) is 2.29. The van der Waals surface area contributed by atoms with Gasteiger partial charge in [0.05, 0.1) is 13.1 Å². The summed E-state index contributed by atoms with van der Waals surface area (Å²) in [4.78, 5) is 20.7. The first-order valence-electron chi connectivity index (χ1n) is 3.61. The van der Waals surface area contributed by atoms with Gasteiger partial charge in [-0.1, -0.05) is 6.92 Å². The summed E-state index contributed by atoms with van der Waals surface area (Å²) in [7, 11) is 0. The number of Topliss-reactive ketones (excluding diaryl/α,β-unsaturated/α-hetero) is 1. The molecular weight excluding hydrogens is 146 g/mol. The van der Waals surface area contributed by atoms with Crippen LogP contribution in [-0.4, -0.2) is 29.9 Å². The highest BCUT2D eigenvalue weighted by Crippen LogP contribution is 1.86. The van der Waals surface area contributed by atoms with Gasteiger partial charge in [-0.05, 0) is 6.42 Å². The van der Waals surface area contributed by atoms with Gasteiger partial charge >= 0.3 is 5.97 Å². The molecule has 64 valence electrons. The van der Waals surface area contributed by atoms with Crippen molar-refractivity contribution < 1.29 is 14.7 Å². The van der Waals surface area contributed by atoms with Crippen molar-refractivity contribution in [2.24, 2.45) is 0 Å². The van der Waals surface area contributed by atoms with Crippen molar-refractivity contribution in [1.29, 1.82) is 0 Å². The Morgan fingerprint density at radius 3 is 2.45 bits per heavy atom. The zero-order chi connectivity index (χ0) is 8.69.